The van der Waals surface area contributed by atoms with Crippen molar-refractivity contribution in [2.75, 3.05) is 24.5 Å². The Balaban J connectivity index is 2.01. The third-order valence-corrected chi connectivity index (χ3v) is 8.56. The lowest BCUT2D eigenvalue weighted by Crippen LogP contribution is -2.51. The van der Waals surface area contributed by atoms with Gasteiger partial charge in [0.05, 0.1) is 17.7 Å². The number of carbonyl (C=O) groups is 2. The van der Waals surface area contributed by atoms with Gasteiger partial charge in [0, 0.05) is 22.6 Å². The summed E-state index contributed by atoms with van der Waals surface area (Å²) in [5.74, 6) is -0.379. The Morgan fingerprint density at radius 1 is 1.05 bits per heavy atom. The van der Waals surface area contributed by atoms with E-state index in [0.717, 1.165) is 20.8 Å². The largest absolute Gasteiger partial charge is 0.497 e. The van der Waals surface area contributed by atoms with E-state index in [1.54, 1.807) is 25.1 Å². The molecule has 11 heteroatoms. The van der Waals surface area contributed by atoms with Crippen LogP contribution in [0.4, 0.5) is 5.69 Å². The minimum absolute atomic E-state index is 0.0238. The van der Waals surface area contributed by atoms with Crippen molar-refractivity contribution in [3.63, 3.8) is 0 Å². The van der Waals surface area contributed by atoms with Crippen LogP contribution < -0.4 is 14.4 Å². The number of ether oxygens (including phenoxy) is 1. The first-order valence-corrected chi connectivity index (χ1v) is 14.9. The van der Waals surface area contributed by atoms with Crippen LogP contribution in [-0.4, -0.2) is 51.4 Å². The van der Waals surface area contributed by atoms with Crippen molar-refractivity contribution in [1.82, 2.24) is 10.2 Å². The average molecular weight is 637 g/mol. The first kappa shape index (κ1) is 30.5. The van der Waals surface area contributed by atoms with Gasteiger partial charge in [0.25, 0.3) is 10.0 Å². The predicted octanol–water partition coefficient (Wildman–Crippen LogP) is 5.25. The molecule has 0 radical (unpaired) electrons. The molecule has 1 atom stereocenters. The molecule has 0 spiro atoms. The molecule has 0 saturated heterocycles. The fourth-order valence-electron chi connectivity index (χ4n) is 3.80. The number of benzene rings is 3. The second-order valence-corrected chi connectivity index (χ2v) is 12.0. The molecular formula is C28H31BrClN3O5S. The van der Waals surface area contributed by atoms with E-state index in [1.165, 1.54) is 42.3 Å². The highest BCUT2D eigenvalue weighted by molar-refractivity contribution is 9.10. The first-order chi connectivity index (χ1) is 18.6. The number of nitrogens with one attached hydrogen (secondary N) is 1. The smallest absolute Gasteiger partial charge is 0.264 e. The number of halogens is 2. The molecule has 0 heterocycles. The maximum atomic E-state index is 13.9. The van der Waals surface area contributed by atoms with E-state index in [2.05, 4.69) is 21.2 Å². The SMILES string of the molecule is CCCNC(=O)[C@H](C)N(Cc1ccc(Br)cc1)C(=O)CN(c1cccc(Cl)c1)S(=O)(=O)c1ccc(OC)cc1. The van der Waals surface area contributed by atoms with Crippen LogP contribution in [0.25, 0.3) is 0 Å². The lowest BCUT2D eigenvalue weighted by molar-refractivity contribution is -0.139. The summed E-state index contributed by atoms with van der Waals surface area (Å²) in [6.45, 7) is 3.59. The van der Waals surface area contributed by atoms with E-state index < -0.39 is 28.5 Å². The lowest BCUT2D eigenvalue weighted by Gasteiger charge is -2.32. The number of amides is 2. The van der Waals surface area contributed by atoms with E-state index >= 15 is 0 Å². The van der Waals surface area contributed by atoms with Gasteiger partial charge in [0.2, 0.25) is 11.8 Å². The molecule has 3 aromatic carbocycles. The minimum Gasteiger partial charge on any atom is -0.497 e. The van der Waals surface area contributed by atoms with Crippen LogP contribution in [0.1, 0.15) is 25.8 Å². The molecule has 0 aromatic heterocycles. The molecule has 0 aliphatic heterocycles. The van der Waals surface area contributed by atoms with Gasteiger partial charge in [-0.3, -0.25) is 13.9 Å². The van der Waals surface area contributed by atoms with Crippen molar-refractivity contribution in [2.24, 2.45) is 0 Å². The molecular weight excluding hydrogens is 606 g/mol. The van der Waals surface area contributed by atoms with E-state index in [4.69, 9.17) is 16.3 Å². The highest BCUT2D eigenvalue weighted by Gasteiger charge is 2.32. The summed E-state index contributed by atoms with van der Waals surface area (Å²) >= 11 is 9.60. The number of sulfonamides is 1. The van der Waals surface area contributed by atoms with Gasteiger partial charge < -0.3 is 15.0 Å². The maximum Gasteiger partial charge on any atom is 0.264 e. The summed E-state index contributed by atoms with van der Waals surface area (Å²) in [5.41, 5.74) is 1.01. The van der Waals surface area contributed by atoms with Crippen LogP contribution in [0.2, 0.25) is 5.02 Å². The highest BCUT2D eigenvalue weighted by Crippen LogP contribution is 2.28. The zero-order chi connectivity index (χ0) is 28.6. The average Bonchev–Trinajstić information content (AvgIpc) is 2.93. The van der Waals surface area contributed by atoms with Crippen LogP contribution in [-0.2, 0) is 26.2 Å². The standard InChI is InChI=1S/C28H31BrClN3O5S/c1-4-16-31-28(35)20(2)32(18-21-8-10-22(29)11-9-21)27(34)19-33(24-7-5-6-23(30)17-24)39(36,37)26-14-12-25(38-3)13-15-26/h5-15,17,20H,4,16,18-19H2,1-3H3,(H,31,35)/t20-/m0/s1. The van der Waals surface area contributed by atoms with Gasteiger partial charge in [0.15, 0.2) is 0 Å². The second-order valence-electron chi connectivity index (χ2n) is 8.78. The molecule has 0 aliphatic rings. The highest BCUT2D eigenvalue weighted by atomic mass is 79.9. The van der Waals surface area contributed by atoms with Gasteiger partial charge >= 0.3 is 0 Å². The van der Waals surface area contributed by atoms with Crippen molar-refractivity contribution in [3.05, 3.63) is 87.9 Å². The Kier molecular flexibility index (Phi) is 10.8. The van der Waals surface area contributed by atoms with Crippen LogP contribution in [0.3, 0.4) is 0 Å². The Morgan fingerprint density at radius 3 is 2.31 bits per heavy atom. The molecule has 1 N–H and O–H groups in total. The van der Waals surface area contributed by atoms with Crippen molar-refractivity contribution in [1.29, 1.82) is 0 Å². The molecule has 0 unspecified atom stereocenters. The van der Waals surface area contributed by atoms with Gasteiger partial charge in [-0.05, 0) is 73.5 Å². The van der Waals surface area contributed by atoms with Gasteiger partial charge in [-0.15, -0.1) is 0 Å². The third-order valence-electron chi connectivity index (χ3n) is 6.01. The van der Waals surface area contributed by atoms with Crippen molar-refractivity contribution < 1.29 is 22.7 Å². The summed E-state index contributed by atoms with van der Waals surface area (Å²) in [6, 6.07) is 18.7. The van der Waals surface area contributed by atoms with Crippen molar-refractivity contribution >= 4 is 55.1 Å². The van der Waals surface area contributed by atoms with Crippen LogP contribution in [0.15, 0.2) is 82.2 Å². The molecule has 2 amide bonds. The number of hydrogen-bond acceptors (Lipinski definition) is 5. The van der Waals surface area contributed by atoms with Gasteiger partial charge in [-0.2, -0.15) is 0 Å². The Hall–Kier alpha value is -3.08. The summed E-state index contributed by atoms with van der Waals surface area (Å²) < 4.78 is 34.7. The third kappa shape index (κ3) is 7.97. The van der Waals surface area contributed by atoms with Crippen molar-refractivity contribution in [2.45, 2.75) is 37.8 Å². The molecule has 3 rings (SSSR count). The molecule has 0 saturated carbocycles. The van der Waals surface area contributed by atoms with E-state index in [9.17, 15) is 18.0 Å². The monoisotopic (exact) mass is 635 g/mol. The molecule has 208 valence electrons. The van der Waals surface area contributed by atoms with Gasteiger partial charge in [-0.1, -0.05) is 52.7 Å². The normalized spacial score (nSPS) is 11.9. The first-order valence-electron chi connectivity index (χ1n) is 12.3. The molecule has 0 fully saturated rings. The van der Waals surface area contributed by atoms with Gasteiger partial charge in [0.1, 0.15) is 18.3 Å². The molecule has 39 heavy (non-hydrogen) atoms. The summed E-state index contributed by atoms with van der Waals surface area (Å²) in [5, 5.41) is 3.13. The Labute approximate surface area is 243 Å². The fraction of sp³-hybridized carbons (Fsp3) is 0.286. The molecule has 0 bridgehead atoms. The zero-order valence-electron chi connectivity index (χ0n) is 21.9. The summed E-state index contributed by atoms with van der Waals surface area (Å²) in [6.07, 6.45) is 0.738. The zero-order valence-corrected chi connectivity index (χ0v) is 25.1. The number of hydrogen-bond donors (Lipinski definition) is 1. The molecule has 8 nitrogen and oxygen atoms in total. The fourth-order valence-corrected chi connectivity index (χ4v) is 5.65. The Morgan fingerprint density at radius 2 is 1.72 bits per heavy atom. The summed E-state index contributed by atoms with van der Waals surface area (Å²) in [4.78, 5) is 28.1. The van der Waals surface area contributed by atoms with Crippen molar-refractivity contribution in [3.8, 4) is 5.75 Å². The number of nitrogens with zero attached hydrogens (tertiary/aromatic N) is 2. The second kappa shape index (κ2) is 13.8. The van der Waals surface area contributed by atoms with E-state index in [0.29, 0.717) is 17.3 Å². The van der Waals surface area contributed by atoms with Gasteiger partial charge in [-0.25, -0.2) is 8.42 Å². The predicted molar refractivity (Wildman–Crippen MR) is 156 cm³/mol. The van der Waals surface area contributed by atoms with E-state index in [1.807, 2.05) is 31.2 Å². The van der Waals surface area contributed by atoms with Crippen LogP contribution in [0, 0.1) is 0 Å². The Bertz CT molecular complexity index is 1390. The van der Waals surface area contributed by atoms with Crippen LogP contribution >= 0.6 is 27.5 Å². The summed E-state index contributed by atoms with van der Waals surface area (Å²) in [7, 11) is -2.71. The maximum absolute atomic E-state index is 13.9. The number of anilines is 1. The minimum atomic E-state index is -4.20. The topological polar surface area (TPSA) is 96.0 Å². The lowest BCUT2D eigenvalue weighted by atomic mass is 10.1. The quantitative estimate of drug-likeness (QED) is 0.293. The molecule has 0 aliphatic carbocycles. The van der Waals surface area contributed by atoms with E-state index in [-0.39, 0.29) is 23.0 Å². The number of rotatable bonds is 12. The molecule has 3 aromatic rings. The van der Waals surface area contributed by atoms with Crippen LogP contribution in [0.5, 0.6) is 5.75 Å². The number of methoxy groups -OCH3 is 1. The number of carbonyl (C=O) groups excluding carboxylic acids is 2.